The van der Waals surface area contributed by atoms with E-state index in [1.807, 2.05) is 11.4 Å². The molecule has 0 atom stereocenters. The van der Waals surface area contributed by atoms with E-state index in [1.165, 1.54) is 16.9 Å². The number of halogens is 2. The number of hydrogen-bond acceptors (Lipinski definition) is 2. The van der Waals surface area contributed by atoms with Gasteiger partial charge in [0, 0.05) is 15.4 Å². The average molecular weight is 289 g/mol. The van der Waals surface area contributed by atoms with Crippen LogP contribution in [-0.2, 0) is 0 Å². The van der Waals surface area contributed by atoms with Crippen LogP contribution in [0.1, 0.15) is 5.56 Å². The summed E-state index contributed by atoms with van der Waals surface area (Å²) in [6, 6.07) is 6.17. The van der Waals surface area contributed by atoms with E-state index >= 15 is 0 Å². The lowest BCUT2D eigenvalue weighted by molar-refractivity contribution is 1.38. The van der Waals surface area contributed by atoms with Crippen molar-refractivity contribution < 1.29 is 0 Å². The minimum absolute atomic E-state index is 0.580. The summed E-state index contributed by atoms with van der Waals surface area (Å²) in [6.45, 7) is 2.06. The highest BCUT2D eigenvalue weighted by Gasteiger charge is 2.04. The molecule has 72 valence electrons. The molecule has 0 aliphatic rings. The minimum atomic E-state index is 0.580. The van der Waals surface area contributed by atoms with Gasteiger partial charge in [-0.2, -0.15) is 0 Å². The Hall–Kier alpha value is -0.380. The Labute approximate surface area is 99.9 Å². The van der Waals surface area contributed by atoms with Crippen LogP contribution in [0.3, 0.4) is 0 Å². The van der Waals surface area contributed by atoms with E-state index in [4.69, 9.17) is 11.6 Å². The number of hydrogen-bond donors (Lipinski definition) is 0. The van der Waals surface area contributed by atoms with Gasteiger partial charge >= 0.3 is 0 Å². The summed E-state index contributed by atoms with van der Waals surface area (Å²) >= 11 is 10.7. The first-order valence-electron chi connectivity index (χ1n) is 4.04. The SMILES string of the molecule is Cc1ccc(-c2csc(Cl)n2)cc1Br. The molecule has 2 rings (SSSR count). The van der Waals surface area contributed by atoms with E-state index in [-0.39, 0.29) is 0 Å². The summed E-state index contributed by atoms with van der Waals surface area (Å²) in [5.41, 5.74) is 3.24. The van der Waals surface area contributed by atoms with Crippen molar-refractivity contribution in [2.75, 3.05) is 0 Å². The Kier molecular flexibility index (Phi) is 2.91. The van der Waals surface area contributed by atoms with Gasteiger partial charge in [-0.25, -0.2) is 4.98 Å². The number of thiazole rings is 1. The second kappa shape index (κ2) is 4.01. The second-order valence-corrected chi connectivity index (χ2v) is 5.24. The maximum Gasteiger partial charge on any atom is 0.184 e. The third kappa shape index (κ3) is 2.00. The molecule has 0 amide bonds. The Morgan fingerprint density at radius 3 is 2.79 bits per heavy atom. The maximum absolute atomic E-state index is 5.78. The standard InChI is InChI=1S/C10H7BrClNS/c1-6-2-3-7(4-8(6)11)9-5-14-10(12)13-9/h2-5H,1H3. The lowest BCUT2D eigenvalue weighted by Crippen LogP contribution is -1.80. The smallest absolute Gasteiger partial charge is 0.184 e. The van der Waals surface area contributed by atoms with Crippen LogP contribution >= 0.6 is 38.9 Å². The largest absolute Gasteiger partial charge is 0.225 e. The molecule has 1 heterocycles. The van der Waals surface area contributed by atoms with Gasteiger partial charge in [0.1, 0.15) is 0 Å². The molecule has 0 bridgehead atoms. The molecule has 1 aromatic heterocycles. The van der Waals surface area contributed by atoms with Gasteiger partial charge in [-0.05, 0) is 18.6 Å². The Bertz CT molecular complexity index is 467. The molecule has 0 unspecified atom stereocenters. The highest BCUT2D eigenvalue weighted by atomic mass is 79.9. The van der Waals surface area contributed by atoms with Gasteiger partial charge < -0.3 is 0 Å². The summed E-state index contributed by atoms with van der Waals surface area (Å²) in [4.78, 5) is 4.21. The van der Waals surface area contributed by atoms with Crippen molar-refractivity contribution in [2.24, 2.45) is 0 Å². The van der Waals surface area contributed by atoms with Gasteiger partial charge in [-0.15, -0.1) is 11.3 Å². The Morgan fingerprint density at radius 1 is 1.43 bits per heavy atom. The van der Waals surface area contributed by atoms with Gasteiger partial charge in [0.2, 0.25) is 0 Å². The molecule has 1 nitrogen and oxygen atoms in total. The fourth-order valence-corrected chi connectivity index (χ4v) is 2.29. The van der Waals surface area contributed by atoms with Gasteiger partial charge in [0.25, 0.3) is 0 Å². The highest BCUT2D eigenvalue weighted by molar-refractivity contribution is 9.10. The zero-order valence-electron chi connectivity index (χ0n) is 7.42. The van der Waals surface area contributed by atoms with Crippen LogP contribution in [0, 0.1) is 6.92 Å². The quantitative estimate of drug-likeness (QED) is 0.751. The van der Waals surface area contributed by atoms with E-state index in [9.17, 15) is 0 Å². The first-order chi connectivity index (χ1) is 6.66. The van der Waals surface area contributed by atoms with Crippen molar-refractivity contribution in [1.29, 1.82) is 0 Å². The summed E-state index contributed by atoms with van der Waals surface area (Å²) in [5, 5.41) is 1.96. The zero-order valence-corrected chi connectivity index (χ0v) is 10.6. The van der Waals surface area contributed by atoms with Crippen molar-refractivity contribution in [3.8, 4) is 11.3 Å². The molecule has 2 aromatic rings. The minimum Gasteiger partial charge on any atom is -0.225 e. The number of rotatable bonds is 1. The van der Waals surface area contributed by atoms with Crippen molar-refractivity contribution in [2.45, 2.75) is 6.92 Å². The summed E-state index contributed by atoms with van der Waals surface area (Å²) in [7, 11) is 0. The van der Waals surface area contributed by atoms with E-state index in [0.717, 1.165) is 15.7 Å². The molecule has 0 aliphatic heterocycles. The number of aryl methyl sites for hydroxylation is 1. The van der Waals surface area contributed by atoms with Crippen LogP contribution < -0.4 is 0 Å². The van der Waals surface area contributed by atoms with E-state index < -0.39 is 0 Å². The summed E-state index contributed by atoms with van der Waals surface area (Å²) < 4.78 is 1.68. The van der Waals surface area contributed by atoms with Crippen molar-refractivity contribution in [3.63, 3.8) is 0 Å². The highest BCUT2D eigenvalue weighted by Crippen LogP contribution is 2.28. The van der Waals surface area contributed by atoms with Gasteiger partial charge in [0.15, 0.2) is 4.47 Å². The number of benzene rings is 1. The predicted molar refractivity (Wildman–Crippen MR) is 65.0 cm³/mol. The molecule has 0 N–H and O–H groups in total. The molecule has 4 heteroatoms. The van der Waals surface area contributed by atoms with Crippen LogP contribution in [0.5, 0.6) is 0 Å². The van der Waals surface area contributed by atoms with Crippen molar-refractivity contribution in [3.05, 3.63) is 38.1 Å². The van der Waals surface area contributed by atoms with Crippen molar-refractivity contribution in [1.82, 2.24) is 4.98 Å². The molecule has 0 aliphatic carbocycles. The van der Waals surface area contributed by atoms with Gasteiger partial charge in [-0.3, -0.25) is 0 Å². The fourth-order valence-electron chi connectivity index (χ4n) is 1.14. The first kappa shape index (κ1) is 10.1. The fraction of sp³-hybridized carbons (Fsp3) is 0.100. The monoisotopic (exact) mass is 287 g/mol. The molecular formula is C10H7BrClNS. The number of aromatic nitrogens is 1. The van der Waals surface area contributed by atoms with E-state index in [2.05, 4.69) is 40.0 Å². The zero-order chi connectivity index (χ0) is 10.1. The second-order valence-electron chi connectivity index (χ2n) is 2.95. The topological polar surface area (TPSA) is 12.9 Å². The number of nitrogens with zero attached hydrogens (tertiary/aromatic N) is 1. The van der Waals surface area contributed by atoms with Gasteiger partial charge in [-0.1, -0.05) is 39.7 Å². The van der Waals surface area contributed by atoms with Crippen LogP contribution in [0.15, 0.2) is 28.1 Å². The molecule has 0 saturated heterocycles. The molecule has 0 fully saturated rings. The summed E-state index contributed by atoms with van der Waals surface area (Å²) in [5.74, 6) is 0. The Morgan fingerprint density at radius 2 is 2.21 bits per heavy atom. The van der Waals surface area contributed by atoms with Crippen LogP contribution in [-0.4, -0.2) is 4.98 Å². The predicted octanol–water partition coefficient (Wildman–Crippen LogP) is 4.53. The normalized spacial score (nSPS) is 10.5. The third-order valence-electron chi connectivity index (χ3n) is 1.94. The molecule has 0 radical (unpaired) electrons. The first-order valence-corrected chi connectivity index (χ1v) is 6.09. The third-order valence-corrected chi connectivity index (χ3v) is 3.78. The molecule has 1 aromatic carbocycles. The summed E-state index contributed by atoms with van der Waals surface area (Å²) in [6.07, 6.45) is 0. The van der Waals surface area contributed by atoms with Crippen molar-refractivity contribution >= 4 is 38.9 Å². The molecule has 0 saturated carbocycles. The van der Waals surface area contributed by atoms with Crippen LogP contribution in [0.2, 0.25) is 4.47 Å². The van der Waals surface area contributed by atoms with Crippen LogP contribution in [0.4, 0.5) is 0 Å². The molecular weight excluding hydrogens is 282 g/mol. The average Bonchev–Trinajstić information content (AvgIpc) is 2.57. The van der Waals surface area contributed by atoms with E-state index in [0.29, 0.717) is 4.47 Å². The lowest BCUT2D eigenvalue weighted by atomic mass is 10.1. The Balaban J connectivity index is 2.47. The van der Waals surface area contributed by atoms with Gasteiger partial charge in [0.05, 0.1) is 5.69 Å². The molecule has 14 heavy (non-hydrogen) atoms. The van der Waals surface area contributed by atoms with Crippen LogP contribution in [0.25, 0.3) is 11.3 Å². The van der Waals surface area contributed by atoms with E-state index in [1.54, 1.807) is 0 Å². The molecule has 0 spiro atoms. The lowest BCUT2D eigenvalue weighted by Gasteiger charge is -2.00. The maximum atomic E-state index is 5.78.